The van der Waals surface area contributed by atoms with Crippen LogP contribution >= 0.6 is 65.8 Å². The molecule has 11 heteroatoms. The van der Waals surface area contributed by atoms with Gasteiger partial charge in [-0.05, 0) is 69.0 Å². The molecule has 35 heavy (non-hydrogen) atoms. The summed E-state index contributed by atoms with van der Waals surface area (Å²) in [5.74, 6) is 0.721. The summed E-state index contributed by atoms with van der Waals surface area (Å²) in [5.41, 5.74) is 1.49. The largest absolute Gasteiger partial charge is 0.496 e. The highest BCUT2D eigenvalue weighted by Gasteiger charge is 2.34. The Morgan fingerprint density at radius 3 is 2.66 bits per heavy atom. The molecule has 2 aromatic heterocycles. The predicted octanol–water partition coefficient (Wildman–Crippen LogP) is 5.31. The summed E-state index contributed by atoms with van der Waals surface area (Å²) in [4.78, 5) is 32.2. The van der Waals surface area contributed by atoms with Gasteiger partial charge in [0.1, 0.15) is 11.5 Å². The van der Waals surface area contributed by atoms with E-state index in [0.717, 1.165) is 16.5 Å². The summed E-state index contributed by atoms with van der Waals surface area (Å²) >= 11 is 10.3. The van der Waals surface area contributed by atoms with Crippen molar-refractivity contribution in [2.75, 3.05) is 13.7 Å². The predicted molar refractivity (Wildman–Crippen MR) is 149 cm³/mol. The van der Waals surface area contributed by atoms with Crippen LogP contribution in [0.4, 0.5) is 0 Å². The van der Waals surface area contributed by atoms with E-state index >= 15 is 0 Å². The van der Waals surface area contributed by atoms with Crippen LogP contribution in [0.25, 0.3) is 6.08 Å². The van der Waals surface area contributed by atoms with E-state index in [1.54, 1.807) is 30.7 Å². The van der Waals surface area contributed by atoms with Crippen molar-refractivity contribution in [3.8, 4) is 5.75 Å². The Bertz CT molecular complexity index is 1490. The topological polar surface area (TPSA) is 83.0 Å². The van der Waals surface area contributed by atoms with Crippen LogP contribution in [0.3, 0.4) is 0 Å². The van der Waals surface area contributed by atoms with Crippen molar-refractivity contribution in [2.24, 2.45) is 4.99 Å². The number of hydrogen-bond donors (Lipinski definition) is 0. The fraction of sp³-hybridized carbons (Fsp3) is 0.292. The van der Waals surface area contributed by atoms with Crippen LogP contribution in [0.2, 0.25) is 0 Å². The Kier molecular flexibility index (Phi) is 8.39. The standard InChI is InChI=1S/C24H21Br2IN2O5S/c1-4-6-16-19(23(31)33-5-2)20(12-7-8-17(32-3)14(25)9-12)29-22(30)18(35-24(29)28-16)11-13-10-15(26)21(27)34-13/h7-11,20H,4-6H2,1-3H3/b18-11+/t20-/m0/s1. The van der Waals surface area contributed by atoms with Gasteiger partial charge in [0.2, 0.25) is 0 Å². The summed E-state index contributed by atoms with van der Waals surface area (Å²) in [6, 6.07) is 6.64. The molecule has 1 aromatic carbocycles. The molecule has 0 unspecified atom stereocenters. The summed E-state index contributed by atoms with van der Waals surface area (Å²) < 4.78 is 20.8. The number of ether oxygens (including phenoxy) is 2. The second-order valence-corrected chi connectivity index (χ2v) is 11.3. The molecule has 3 heterocycles. The zero-order chi connectivity index (χ0) is 25.3. The molecule has 0 amide bonds. The maximum Gasteiger partial charge on any atom is 0.338 e. The molecule has 0 spiro atoms. The van der Waals surface area contributed by atoms with Crippen molar-refractivity contribution in [2.45, 2.75) is 32.7 Å². The maximum absolute atomic E-state index is 13.7. The average Bonchev–Trinajstić information content (AvgIpc) is 3.30. The number of thiazole rings is 1. The van der Waals surface area contributed by atoms with E-state index in [4.69, 9.17) is 18.9 Å². The summed E-state index contributed by atoms with van der Waals surface area (Å²) in [6.07, 6.45) is 3.07. The number of esters is 1. The van der Waals surface area contributed by atoms with Gasteiger partial charge in [-0.15, -0.1) is 0 Å². The van der Waals surface area contributed by atoms with E-state index in [2.05, 4.69) is 54.5 Å². The molecule has 1 atom stereocenters. The molecule has 1 aliphatic heterocycles. The molecule has 0 saturated heterocycles. The van der Waals surface area contributed by atoms with Gasteiger partial charge in [0.25, 0.3) is 5.56 Å². The lowest BCUT2D eigenvalue weighted by Gasteiger charge is -2.26. The van der Waals surface area contributed by atoms with Gasteiger partial charge in [-0.2, -0.15) is 0 Å². The first-order chi connectivity index (χ1) is 16.8. The van der Waals surface area contributed by atoms with E-state index < -0.39 is 12.0 Å². The van der Waals surface area contributed by atoms with Crippen LogP contribution in [0, 0.1) is 3.77 Å². The molecule has 0 bridgehead atoms. The number of allylic oxidation sites excluding steroid dienone is 1. The molecule has 0 fully saturated rings. The minimum Gasteiger partial charge on any atom is -0.496 e. The number of furan rings is 1. The van der Waals surface area contributed by atoms with Crippen LogP contribution in [0.5, 0.6) is 5.75 Å². The van der Waals surface area contributed by atoms with Gasteiger partial charge in [0.05, 0.1) is 44.5 Å². The van der Waals surface area contributed by atoms with Crippen LogP contribution in [-0.2, 0) is 9.53 Å². The molecule has 4 rings (SSSR count). The van der Waals surface area contributed by atoms with Crippen LogP contribution < -0.4 is 19.6 Å². The lowest BCUT2D eigenvalue weighted by Crippen LogP contribution is -2.40. The van der Waals surface area contributed by atoms with Gasteiger partial charge in [-0.1, -0.05) is 30.7 Å². The Hall–Kier alpha value is -1.70. The Balaban J connectivity index is 2.00. The smallest absolute Gasteiger partial charge is 0.338 e. The molecule has 1 aliphatic rings. The van der Waals surface area contributed by atoms with Crippen LogP contribution in [0.1, 0.15) is 44.1 Å². The van der Waals surface area contributed by atoms with Gasteiger partial charge in [0.15, 0.2) is 8.57 Å². The number of carbonyl (C=O) groups is 1. The number of rotatable bonds is 7. The molecular formula is C24H21Br2IN2O5S. The van der Waals surface area contributed by atoms with E-state index in [0.29, 0.717) is 46.8 Å². The Morgan fingerprint density at radius 2 is 2.06 bits per heavy atom. The lowest BCUT2D eigenvalue weighted by molar-refractivity contribution is -0.139. The second-order valence-electron chi connectivity index (χ2n) is 7.58. The van der Waals surface area contributed by atoms with Gasteiger partial charge >= 0.3 is 5.97 Å². The highest BCUT2D eigenvalue weighted by molar-refractivity contribution is 14.1. The van der Waals surface area contributed by atoms with E-state index in [1.165, 1.54) is 11.3 Å². The molecule has 3 aromatic rings. The minimum atomic E-state index is -0.695. The molecular weight excluding hydrogens is 715 g/mol. The minimum absolute atomic E-state index is 0.219. The number of hydrogen-bond acceptors (Lipinski definition) is 7. The Labute approximate surface area is 235 Å². The monoisotopic (exact) mass is 734 g/mol. The fourth-order valence-electron chi connectivity index (χ4n) is 3.85. The maximum atomic E-state index is 13.7. The zero-order valence-corrected chi connectivity index (χ0v) is 25.2. The van der Waals surface area contributed by atoms with Crippen molar-refractivity contribution < 1.29 is 18.7 Å². The van der Waals surface area contributed by atoms with Gasteiger partial charge in [-0.3, -0.25) is 9.36 Å². The number of aromatic nitrogens is 1. The lowest BCUT2D eigenvalue weighted by atomic mass is 9.94. The number of benzene rings is 1. The normalized spacial score (nSPS) is 15.7. The number of fused-ring (bicyclic) bond motifs is 1. The third-order valence-corrected chi connectivity index (χ3v) is 9.06. The van der Waals surface area contributed by atoms with Crippen molar-refractivity contribution in [1.29, 1.82) is 0 Å². The van der Waals surface area contributed by atoms with Crippen molar-refractivity contribution >= 4 is 77.8 Å². The first-order valence-corrected chi connectivity index (χ1v) is 14.3. The molecule has 184 valence electrons. The first-order valence-electron chi connectivity index (χ1n) is 10.8. The molecule has 0 saturated carbocycles. The number of methoxy groups -OCH3 is 1. The summed E-state index contributed by atoms with van der Waals surface area (Å²) in [6.45, 7) is 4.00. The second kappa shape index (κ2) is 11.1. The van der Waals surface area contributed by atoms with E-state index in [9.17, 15) is 9.59 Å². The van der Waals surface area contributed by atoms with Crippen LogP contribution in [-0.4, -0.2) is 24.3 Å². The first kappa shape index (κ1) is 26.4. The third kappa shape index (κ3) is 5.23. The average molecular weight is 736 g/mol. The number of nitrogens with zero attached hydrogens (tertiary/aromatic N) is 2. The SMILES string of the molecule is CCCC1=C(C(=O)OCC)[C@H](c2ccc(OC)c(Br)c2)n2c(s/c(=C/c3cc(Br)c(I)o3)c2=O)=N1. The summed E-state index contributed by atoms with van der Waals surface area (Å²) in [5, 5.41) is 0. The highest BCUT2D eigenvalue weighted by atomic mass is 127. The fourth-order valence-corrected chi connectivity index (χ4v) is 6.13. The van der Waals surface area contributed by atoms with Gasteiger partial charge < -0.3 is 13.9 Å². The van der Waals surface area contributed by atoms with Gasteiger partial charge in [-0.25, -0.2) is 9.79 Å². The summed E-state index contributed by atoms with van der Waals surface area (Å²) in [7, 11) is 1.58. The molecule has 0 N–H and O–H groups in total. The van der Waals surface area contributed by atoms with Crippen LogP contribution in [0.15, 0.2) is 58.7 Å². The van der Waals surface area contributed by atoms with Crippen molar-refractivity contribution in [3.63, 3.8) is 0 Å². The highest BCUT2D eigenvalue weighted by Crippen LogP contribution is 2.36. The Morgan fingerprint density at radius 1 is 1.29 bits per heavy atom. The zero-order valence-electron chi connectivity index (χ0n) is 19.1. The van der Waals surface area contributed by atoms with Crippen molar-refractivity contribution in [3.05, 3.63) is 79.3 Å². The molecule has 0 radical (unpaired) electrons. The van der Waals surface area contributed by atoms with E-state index in [1.807, 2.05) is 25.1 Å². The van der Waals surface area contributed by atoms with Gasteiger partial charge in [0, 0.05) is 28.7 Å². The molecule has 7 nitrogen and oxygen atoms in total. The molecule has 0 aliphatic carbocycles. The third-order valence-electron chi connectivity index (χ3n) is 5.32. The van der Waals surface area contributed by atoms with E-state index in [-0.39, 0.29) is 12.2 Å². The van der Waals surface area contributed by atoms with Crippen molar-refractivity contribution in [1.82, 2.24) is 4.57 Å². The number of carbonyl (C=O) groups excluding carboxylic acids is 1. The number of halogens is 3. The quantitative estimate of drug-likeness (QED) is 0.243.